The molecule has 0 aliphatic carbocycles. The van der Waals surface area contributed by atoms with E-state index in [4.69, 9.17) is 0 Å². The molecule has 1 N–H and O–H groups in total. The van der Waals surface area contributed by atoms with Gasteiger partial charge in [-0.3, -0.25) is 9.48 Å². The molecule has 1 amide bonds. The molecule has 0 bridgehead atoms. The van der Waals surface area contributed by atoms with Gasteiger partial charge in [-0.25, -0.2) is 0 Å². The zero-order chi connectivity index (χ0) is 10.8. The lowest BCUT2D eigenvalue weighted by Crippen LogP contribution is -2.15. The Bertz CT molecular complexity index is 475. The molecule has 0 aromatic carbocycles. The number of hydrogen-bond acceptors (Lipinski definition) is 5. The average molecular weight is 223 g/mol. The highest BCUT2D eigenvalue weighted by molar-refractivity contribution is 7.10. The first-order chi connectivity index (χ1) is 7.16. The molecule has 2 aromatic rings. The summed E-state index contributed by atoms with van der Waals surface area (Å²) in [5, 5.41) is 11.0. The van der Waals surface area contributed by atoms with Crippen LogP contribution in [0.3, 0.4) is 0 Å². The molecule has 0 saturated heterocycles. The summed E-state index contributed by atoms with van der Waals surface area (Å²) >= 11 is 1.14. The summed E-state index contributed by atoms with van der Waals surface area (Å²) in [6, 6.07) is 1.73. The second-order valence-corrected chi connectivity index (χ2v) is 3.82. The highest BCUT2D eigenvalue weighted by Gasteiger charge is 2.12. The van der Waals surface area contributed by atoms with E-state index in [0.29, 0.717) is 10.7 Å². The minimum absolute atomic E-state index is 0.204. The van der Waals surface area contributed by atoms with Gasteiger partial charge in [-0.1, -0.05) is 4.49 Å². The lowest BCUT2D eigenvalue weighted by Gasteiger charge is -2.00. The van der Waals surface area contributed by atoms with Crippen LogP contribution in [0.2, 0.25) is 0 Å². The maximum absolute atomic E-state index is 11.7. The Labute approximate surface area is 90.1 Å². The number of hydrogen-bond donors (Lipinski definition) is 1. The molecule has 0 atom stereocenters. The average Bonchev–Trinajstić information content (AvgIpc) is 2.75. The zero-order valence-corrected chi connectivity index (χ0v) is 9.08. The fraction of sp³-hybridized carbons (Fsp3) is 0.250. The smallest absolute Gasteiger partial charge is 0.274 e. The summed E-state index contributed by atoms with van der Waals surface area (Å²) in [6.07, 6.45) is 1.51. The van der Waals surface area contributed by atoms with Crippen molar-refractivity contribution < 1.29 is 4.79 Å². The summed E-state index contributed by atoms with van der Waals surface area (Å²) in [5.74, 6) is -0.204. The summed E-state index contributed by atoms with van der Waals surface area (Å²) in [6.45, 7) is 1.84. The van der Waals surface area contributed by atoms with Crippen LogP contribution in [0.5, 0.6) is 0 Å². The topological polar surface area (TPSA) is 72.7 Å². The summed E-state index contributed by atoms with van der Waals surface area (Å²) in [4.78, 5) is 11.7. The zero-order valence-electron chi connectivity index (χ0n) is 8.26. The normalized spacial score (nSPS) is 10.3. The van der Waals surface area contributed by atoms with E-state index in [9.17, 15) is 4.79 Å². The van der Waals surface area contributed by atoms with Gasteiger partial charge in [0.05, 0.1) is 11.9 Å². The molecule has 2 rings (SSSR count). The number of carbonyl (C=O) groups excluding carboxylic acids is 1. The Morgan fingerprint density at radius 3 is 2.93 bits per heavy atom. The molecule has 15 heavy (non-hydrogen) atoms. The summed E-state index contributed by atoms with van der Waals surface area (Å²) in [7, 11) is 1.73. The largest absolute Gasteiger partial charge is 0.310 e. The monoisotopic (exact) mass is 223 g/mol. The number of rotatable bonds is 2. The van der Waals surface area contributed by atoms with E-state index >= 15 is 0 Å². The molecule has 0 radical (unpaired) electrons. The Kier molecular flexibility index (Phi) is 2.46. The standard InChI is InChI=1S/C8H9N5OS/c1-5-3-6(13(2)11-5)8(14)10-7-4-9-12-15-7/h3-4H,1-2H3,(H,10,14). The highest BCUT2D eigenvalue weighted by atomic mass is 32.1. The first-order valence-electron chi connectivity index (χ1n) is 4.26. The number of aryl methyl sites for hydroxylation is 2. The number of anilines is 1. The molecule has 0 saturated carbocycles. The quantitative estimate of drug-likeness (QED) is 0.818. The van der Waals surface area contributed by atoms with Crippen LogP contribution >= 0.6 is 11.5 Å². The van der Waals surface area contributed by atoms with Crippen molar-refractivity contribution in [3.8, 4) is 0 Å². The van der Waals surface area contributed by atoms with E-state index in [1.165, 1.54) is 6.20 Å². The lowest BCUT2D eigenvalue weighted by atomic mass is 10.3. The van der Waals surface area contributed by atoms with Crippen LogP contribution < -0.4 is 5.32 Å². The molecule has 0 spiro atoms. The second-order valence-electron chi connectivity index (χ2n) is 3.03. The van der Waals surface area contributed by atoms with Crippen molar-refractivity contribution in [2.45, 2.75) is 6.92 Å². The first-order valence-corrected chi connectivity index (χ1v) is 5.03. The van der Waals surface area contributed by atoms with Crippen LogP contribution in [-0.2, 0) is 7.05 Å². The van der Waals surface area contributed by atoms with Gasteiger partial charge in [0.15, 0.2) is 0 Å². The third-order valence-electron chi connectivity index (χ3n) is 1.83. The Balaban J connectivity index is 2.18. The van der Waals surface area contributed by atoms with E-state index in [0.717, 1.165) is 17.2 Å². The van der Waals surface area contributed by atoms with Gasteiger partial charge < -0.3 is 5.32 Å². The lowest BCUT2D eigenvalue weighted by molar-refractivity contribution is 0.101. The van der Waals surface area contributed by atoms with Crippen LogP contribution in [-0.4, -0.2) is 25.3 Å². The van der Waals surface area contributed by atoms with Gasteiger partial charge in [0.25, 0.3) is 5.91 Å². The van der Waals surface area contributed by atoms with E-state index in [-0.39, 0.29) is 5.91 Å². The SMILES string of the molecule is Cc1cc(C(=O)Nc2cnns2)n(C)n1. The fourth-order valence-electron chi connectivity index (χ4n) is 1.22. The van der Waals surface area contributed by atoms with Crippen LogP contribution in [0.4, 0.5) is 5.00 Å². The van der Waals surface area contributed by atoms with Crippen molar-refractivity contribution in [1.29, 1.82) is 0 Å². The van der Waals surface area contributed by atoms with Crippen LogP contribution in [0.25, 0.3) is 0 Å². The molecule has 0 aliphatic heterocycles. The predicted molar refractivity (Wildman–Crippen MR) is 55.8 cm³/mol. The molecular weight excluding hydrogens is 214 g/mol. The summed E-state index contributed by atoms with van der Waals surface area (Å²) < 4.78 is 5.19. The number of nitrogens with zero attached hydrogens (tertiary/aromatic N) is 4. The van der Waals surface area contributed by atoms with Crippen molar-refractivity contribution in [3.63, 3.8) is 0 Å². The van der Waals surface area contributed by atoms with E-state index in [1.54, 1.807) is 17.8 Å². The van der Waals surface area contributed by atoms with Crippen LogP contribution in [0.15, 0.2) is 12.3 Å². The third-order valence-corrected chi connectivity index (χ3v) is 2.41. The molecule has 0 fully saturated rings. The Hall–Kier alpha value is -1.76. The number of carbonyl (C=O) groups is 1. The molecule has 0 aliphatic rings. The van der Waals surface area contributed by atoms with Crippen molar-refractivity contribution in [2.24, 2.45) is 7.05 Å². The van der Waals surface area contributed by atoms with Crippen molar-refractivity contribution in [2.75, 3.05) is 5.32 Å². The molecule has 78 valence electrons. The molecule has 0 unspecified atom stereocenters. The Morgan fingerprint density at radius 2 is 2.40 bits per heavy atom. The van der Waals surface area contributed by atoms with Gasteiger partial charge >= 0.3 is 0 Å². The second kappa shape index (κ2) is 3.77. The van der Waals surface area contributed by atoms with E-state index in [1.807, 2.05) is 6.92 Å². The maximum Gasteiger partial charge on any atom is 0.274 e. The van der Waals surface area contributed by atoms with Crippen molar-refractivity contribution in [1.82, 2.24) is 19.4 Å². The van der Waals surface area contributed by atoms with E-state index < -0.39 is 0 Å². The van der Waals surface area contributed by atoms with Gasteiger partial charge in [0, 0.05) is 18.6 Å². The predicted octanol–water partition coefficient (Wildman–Crippen LogP) is 0.832. The van der Waals surface area contributed by atoms with Crippen molar-refractivity contribution >= 4 is 22.4 Å². The number of amides is 1. The summed E-state index contributed by atoms with van der Waals surface area (Å²) in [5.41, 5.74) is 1.32. The third kappa shape index (κ3) is 2.01. The maximum atomic E-state index is 11.7. The van der Waals surface area contributed by atoms with Crippen molar-refractivity contribution in [3.05, 3.63) is 23.7 Å². The van der Waals surface area contributed by atoms with Gasteiger partial charge in [-0.2, -0.15) is 5.10 Å². The molecule has 2 aromatic heterocycles. The van der Waals surface area contributed by atoms with Crippen LogP contribution in [0.1, 0.15) is 16.2 Å². The molecule has 7 heteroatoms. The van der Waals surface area contributed by atoms with E-state index in [2.05, 4.69) is 20.0 Å². The first kappa shape index (κ1) is 9.78. The minimum atomic E-state index is -0.204. The van der Waals surface area contributed by atoms with Gasteiger partial charge in [-0.15, -0.1) is 5.10 Å². The van der Waals surface area contributed by atoms with Gasteiger partial charge in [0.1, 0.15) is 10.7 Å². The molecule has 6 nitrogen and oxygen atoms in total. The van der Waals surface area contributed by atoms with Crippen LogP contribution in [0, 0.1) is 6.92 Å². The number of aromatic nitrogens is 4. The minimum Gasteiger partial charge on any atom is -0.310 e. The highest BCUT2D eigenvalue weighted by Crippen LogP contribution is 2.11. The fourth-order valence-corrected chi connectivity index (χ4v) is 1.64. The number of nitrogens with one attached hydrogen (secondary N) is 1. The van der Waals surface area contributed by atoms with Gasteiger partial charge in [0.2, 0.25) is 0 Å². The molecule has 2 heterocycles. The van der Waals surface area contributed by atoms with Gasteiger partial charge in [-0.05, 0) is 13.0 Å². The Morgan fingerprint density at radius 1 is 1.60 bits per heavy atom. The molecular formula is C8H9N5OS.